The van der Waals surface area contributed by atoms with Crippen molar-refractivity contribution in [3.8, 4) is 11.5 Å². The minimum atomic E-state index is -0.659. The standard InChI is InChI=1S/C20H16Cl4O6/c21-12-4-10(5-13(22)16(12)25)18(27)29-8-20(2-1-3-20)9-30-19(28)11-6-14(23)17(26)15(24)7-11/h4-7,25-26H,1-3,8-9H2. The van der Waals surface area contributed by atoms with Crippen LogP contribution in [-0.4, -0.2) is 35.4 Å². The lowest BCUT2D eigenvalue weighted by atomic mass is 9.70. The number of aromatic hydroxyl groups is 2. The van der Waals surface area contributed by atoms with Gasteiger partial charge in [0.2, 0.25) is 0 Å². The minimum Gasteiger partial charge on any atom is -0.505 e. The number of phenols is 2. The predicted octanol–water partition coefficient (Wildman–Crippen LogP) is 5.90. The van der Waals surface area contributed by atoms with Gasteiger partial charge in [0, 0.05) is 5.41 Å². The number of carbonyl (C=O) groups is 2. The smallest absolute Gasteiger partial charge is 0.338 e. The van der Waals surface area contributed by atoms with Gasteiger partial charge in [-0.05, 0) is 37.1 Å². The number of carbonyl (C=O) groups excluding carboxylic acids is 2. The van der Waals surface area contributed by atoms with E-state index in [4.69, 9.17) is 55.9 Å². The highest BCUT2D eigenvalue weighted by molar-refractivity contribution is 6.38. The highest BCUT2D eigenvalue weighted by Crippen LogP contribution is 2.42. The van der Waals surface area contributed by atoms with Crippen molar-refractivity contribution in [2.24, 2.45) is 5.41 Å². The summed E-state index contributed by atoms with van der Waals surface area (Å²) >= 11 is 23.3. The van der Waals surface area contributed by atoms with Crippen LogP contribution >= 0.6 is 46.4 Å². The molecule has 0 unspecified atom stereocenters. The third-order valence-electron chi connectivity index (χ3n) is 4.94. The van der Waals surface area contributed by atoms with E-state index >= 15 is 0 Å². The average molecular weight is 494 g/mol. The van der Waals surface area contributed by atoms with Gasteiger partial charge < -0.3 is 19.7 Å². The molecule has 160 valence electrons. The number of rotatable bonds is 6. The molecule has 3 rings (SSSR count). The molecule has 30 heavy (non-hydrogen) atoms. The van der Waals surface area contributed by atoms with Crippen LogP contribution in [0.5, 0.6) is 11.5 Å². The van der Waals surface area contributed by atoms with Gasteiger partial charge in [-0.2, -0.15) is 0 Å². The van der Waals surface area contributed by atoms with Crippen molar-refractivity contribution >= 4 is 58.3 Å². The largest absolute Gasteiger partial charge is 0.505 e. The van der Waals surface area contributed by atoms with Crippen LogP contribution in [0.25, 0.3) is 0 Å². The minimum absolute atomic E-state index is 0.0340. The summed E-state index contributed by atoms with van der Waals surface area (Å²) in [6.07, 6.45) is 2.33. The summed E-state index contributed by atoms with van der Waals surface area (Å²) in [6.45, 7) is 0.0681. The lowest BCUT2D eigenvalue weighted by Crippen LogP contribution is -2.40. The summed E-state index contributed by atoms with van der Waals surface area (Å²) in [5.74, 6) is -1.94. The van der Waals surface area contributed by atoms with Gasteiger partial charge >= 0.3 is 11.9 Å². The van der Waals surface area contributed by atoms with E-state index < -0.39 is 17.4 Å². The van der Waals surface area contributed by atoms with Crippen LogP contribution in [0.2, 0.25) is 20.1 Å². The summed E-state index contributed by atoms with van der Waals surface area (Å²) in [5.41, 5.74) is -0.300. The van der Waals surface area contributed by atoms with Crippen LogP contribution in [0.4, 0.5) is 0 Å². The van der Waals surface area contributed by atoms with Crippen molar-refractivity contribution in [2.75, 3.05) is 13.2 Å². The molecule has 0 saturated heterocycles. The Balaban J connectivity index is 1.61. The van der Waals surface area contributed by atoms with Gasteiger partial charge in [0.05, 0.1) is 31.2 Å². The van der Waals surface area contributed by atoms with Crippen LogP contribution in [0, 0.1) is 5.41 Å². The topological polar surface area (TPSA) is 93.1 Å². The fourth-order valence-corrected chi connectivity index (χ4v) is 3.95. The summed E-state index contributed by atoms with van der Waals surface area (Å²) in [5, 5.41) is 18.9. The Morgan fingerprint density at radius 3 is 1.37 bits per heavy atom. The predicted molar refractivity (Wildman–Crippen MR) is 113 cm³/mol. The van der Waals surface area contributed by atoms with E-state index in [2.05, 4.69) is 0 Å². The second-order valence-corrected chi connectivity index (χ2v) is 8.71. The number of benzene rings is 2. The zero-order valence-corrected chi connectivity index (χ0v) is 18.4. The van der Waals surface area contributed by atoms with Gasteiger partial charge in [-0.1, -0.05) is 52.8 Å². The van der Waals surface area contributed by atoms with Crippen LogP contribution in [-0.2, 0) is 9.47 Å². The average Bonchev–Trinajstić information content (AvgIpc) is 2.67. The van der Waals surface area contributed by atoms with Crippen LogP contribution in [0.3, 0.4) is 0 Å². The van der Waals surface area contributed by atoms with Crippen LogP contribution in [0.15, 0.2) is 24.3 Å². The molecule has 10 heteroatoms. The van der Waals surface area contributed by atoms with Crippen LogP contribution < -0.4 is 0 Å². The Morgan fingerprint density at radius 1 is 0.767 bits per heavy atom. The molecule has 0 spiro atoms. The lowest BCUT2D eigenvalue weighted by molar-refractivity contribution is -0.0393. The van der Waals surface area contributed by atoms with Gasteiger partial charge in [0.1, 0.15) is 13.2 Å². The molecule has 0 heterocycles. The molecule has 2 aromatic rings. The molecule has 0 radical (unpaired) electrons. The zero-order chi connectivity index (χ0) is 22.1. The fraction of sp³-hybridized carbons (Fsp3) is 0.300. The second kappa shape index (κ2) is 9.10. The molecule has 1 aliphatic rings. The number of hydrogen-bond donors (Lipinski definition) is 2. The maximum absolute atomic E-state index is 12.3. The quantitative estimate of drug-likeness (QED) is 0.487. The Kier molecular flexibility index (Phi) is 6.92. The number of ether oxygens (including phenoxy) is 2. The van der Waals surface area contributed by atoms with Gasteiger partial charge in [-0.25, -0.2) is 9.59 Å². The molecule has 0 amide bonds. The van der Waals surface area contributed by atoms with E-state index in [1.54, 1.807) is 0 Å². The van der Waals surface area contributed by atoms with Gasteiger partial charge in [0.25, 0.3) is 0 Å². The van der Waals surface area contributed by atoms with Gasteiger partial charge in [-0.15, -0.1) is 0 Å². The Labute approximate surface area is 192 Å². The Morgan fingerprint density at radius 2 is 1.10 bits per heavy atom. The van der Waals surface area contributed by atoms with Crippen molar-refractivity contribution in [1.82, 2.24) is 0 Å². The SMILES string of the molecule is O=C(OCC1(COC(=O)c2cc(Cl)c(O)c(Cl)c2)CCC1)c1cc(Cl)c(O)c(Cl)c1. The third kappa shape index (κ3) is 4.89. The first-order chi connectivity index (χ1) is 14.1. The second-order valence-electron chi connectivity index (χ2n) is 7.08. The maximum Gasteiger partial charge on any atom is 0.338 e. The van der Waals surface area contributed by atoms with Crippen molar-refractivity contribution < 1.29 is 29.3 Å². The van der Waals surface area contributed by atoms with Crippen LogP contribution in [0.1, 0.15) is 40.0 Å². The van der Waals surface area contributed by atoms with Crippen molar-refractivity contribution in [2.45, 2.75) is 19.3 Å². The Hall–Kier alpha value is -1.86. The highest BCUT2D eigenvalue weighted by atomic mass is 35.5. The molecule has 2 N–H and O–H groups in total. The molecule has 2 aromatic carbocycles. The number of phenolic OH excluding ortho intramolecular Hbond substituents is 2. The first-order valence-electron chi connectivity index (χ1n) is 8.82. The summed E-state index contributed by atoms with van der Waals surface area (Å²) < 4.78 is 10.7. The van der Waals surface area contributed by atoms with Gasteiger partial charge in [0.15, 0.2) is 11.5 Å². The van der Waals surface area contributed by atoms with E-state index in [0.29, 0.717) is 12.8 Å². The third-order valence-corrected chi connectivity index (χ3v) is 6.09. The van der Waals surface area contributed by atoms with E-state index in [0.717, 1.165) is 6.42 Å². The fourth-order valence-electron chi connectivity index (χ4n) is 2.98. The van der Waals surface area contributed by atoms with E-state index in [1.165, 1.54) is 24.3 Å². The molecular formula is C20H16Cl4O6. The molecule has 0 bridgehead atoms. The van der Waals surface area contributed by atoms with E-state index in [1.807, 2.05) is 0 Å². The van der Waals surface area contributed by atoms with Crippen molar-refractivity contribution in [1.29, 1.82) is 0 Å². The maximum atomic E-state index is 12.3. The Bertz CT molecular complexity index is 881. The molecule has 1 aliphatic carbocycles. The summed E-state index contributed by atoms with van der Waals surface area (Å²) in [7, 11) is 0. The monoisotopic (exact) mass is 492 g/mol. The van der Waals surface area contributed by atoms with E-state index in [-0.39, 0.29) is 55.9 Å². The van der Waals surface area contributed by atoms with E-state index in [9.17, 15) is 19.8 Å². The number of hydrogen-bond acceptors (Lipinski definition) is 6. The number of esters is 2. The molecular weight excluding hydrogens is 478 g/mol. The normalized spacial score (nSPS) is 14.7. The van der Waals surface area contributed by atoms with Crippen molar-refractivity contribution in [3.05, 3.63) is 55.5 Å². The molecule has 1 saturated carbocycles. The van der Waals surface area contributed by atoms with Crippen molar-refractivity contribution in [3.63, 3.8) is 0 Å². The summed E-state index contributed by atoms with van der Waals surface area (Å²) in [6, 6.07) is 5.04. The molecule has 6 nitrogen and oxygen atoms in total. The lowest BCUT2D eigenvalue weighted by Gasteiger charge is -2.40. The molecule has 0 atom stereocenters. The molecule has 0 aliphatic heterocycles. The number of halogens is 4. The first kappa shape index (κ1) is 22.8. The van der Waals surface area contributed by atoms with Gasteiger partial charge in [-0.3, -0.25) is 0 Å². The zero-order valence-electron chi connectivity index (χ0n) is 15.4. The molecule has 0 aromatic heterocycles. The summed E-state index contributed by atoms with van der Waals surface area (Å²) in [4.78, 5) is 24.7. The molecule has 1 fully saturated rings. The highest BCUT2D eigenvalue weighted by Gasteiger charge is 2.40. The first-order valence-corrected chi connectivity index (χ1v) is 10.3.